The molecule has 0 aliphatic rings. The van der Waals surface area contributed by atoms with Crippen molar-refractivity contribution < 1.29 is 14.6 Å². The first-order chi connectivity index (χ1) is 6.24. The van der Waals surface area contributed by atoms with E-state index in [2.05, 4.69) is 10.5 Å². The number of benzene rings is 1. The van der Waals surface area contributed by atoms with E-state index >= 15 is 0 Å². The van der Waals surface area contributed by atoms with E-state index in [1.807, 2.05) is 0 Å². The third-order valence-electron chi connectivity index (χ3n) is 1.00. The Labute approximate surface area is 75.0 Å². The van der Waals surface area contributed by atoms with Gasteiger partial charge in [-0.1, -0.05) is 6.07 Å². The molecule has 0 aliphatic heterocycles. The normalized spacial score (nSPS) is 7.31. The zero-order valence-electron chi connectivity index (χ0n) is 6.68. The second-order valence-electron chi connectivity index (χ2n) is 1.84. The molecule has 1 rings (SSSR count). The summed E-state index contributed by atoms with van der Waals surface area (Å²) in [5.41, 5.74) is 4.15. The fraction of sp³-hybridized carbons (Fsp3) is 0. The number of nitriles is 1. The number of carbonyl (C=O) groups excluding carboxylic acids is 1. The molecule has 5 nitrogen and oxygen atoms in total. The number of rotatable bonds is 2. The SMILES string of the molecule is N#CN.O=COc1cccc(O)c1. The summed E-state index contributed by atoms with van der Waals surface area (Å²) < 4.78 is 4.45. The summed E-state index contributed by atoms with van der Waals surface area (Å²) in [6.07, 6.45) is 1.25. The Bertz CT molecular complexity index is 307. The number of phenols is 1. The van der Waals surface area contributed by atoms with E-state index in [1.165, 1.54) is 18.3 Å². The van der Waals surface area contributed by atoms with Crippen LogP contribution in [0.25, 0.3) is 0 Å². The van der Waals surface area contributed by atoms with Gasteiger partial charge >= 0.3 is 0 Å². The van der Waals surface area contributed by atoms with Crippen LogP contribution in [0, 0.1) is 11.5 Å². The van der Waals surface area contributed by atoms with Crippen molar-refractivity contribution in [2.75, 3.05) is 0 Å². The molecule has 0 aromatic heterocycles. The number of aromatic hydroxyl groups is 1. The van der Waals surface area contributed by atoms with Crippen LogP contribution in [0.2, 0.25) is 0 Å². The van der Waals surface area contributed by atoms with Crippen molar-refractivity contribution in [1.82, 2.24) is 0 Å². The maximum atomic E-state index is 9.78. The van der Waals surface area contributed by atoms with Crippen LogP contribution in [0.5, 0.6) is 11.5 Å². The number of nitrogens with two attached hydrogens (primary N) is 1. The smallest absolute Gasteiger partial charge is 0.298 e. The quantitative estimate of drug-likeness (QED) is 0.389. The van der Waals surface area contributed by atoms with Crippen molar-refractivity contribution in [3.05, 3.63) is 24.3 Å². The lowest BCUT2D eigenvalue weighted by Crippen LogP contribution is -1.86. The van der Waals surface area contributed by atoms with Gasteiger partial charge in [-0.15, -0.1) is 0 Å². The van der Waals surface area contributed by atoms with E-state index in [4.69, 9.17) is 10.4 Å². The van der Waals surface area contributed by atoms with Gasteiger partial charge in [0.2, 0.25) is 0 Å². The van der Waals surface area contributed by atoms with Crippen LogP contribution in [-0.4, -0.2) is 11.6 Å². The molecule has 0 saturated carbocycles. The standard InChI is InChI=1S/C7H6O3.CH2N2/c8-5-10-7-3-1-2-6(9)4-7;2-1-3/h1-5,9H;2H2. The second kappa shape index (κ2) is 6.49. The van der Waals surface area contributed by atoms with E-state index in [0.717, 1.165) is 0 Å². The molecule has 13 heavy (non-hydrogen) atoms. The van der Waals surface area contributed by atoms with Crippen LogP contribution in [0.3, 0.4) is 0 Å². The van der Waals surface area contributed by atoms with Gasteiger partial charge in [-0.25, -0.2) is 0 Å². The molecule has 0 unspecified atom stereocenters. The summed E-state index contributed by atoms with van der Waals surface area (Å²) in [6, 6.07) is 6.02. The molecule has 5 heteroatoms. The molecule has 0 atom stereocenters. The summed E-state index contributed by atoms with van der Waals surface area (Å²) in [7, 11) is 0. The number of ether oxygens (including phenoxy) is 1. The molecular weight excluding hydrogens is 172 g/mol. The van der Waals surface area contributed by atoms with E-state index in [-0.39, 0.29) is 5.75 Å². The summed E-state index contributed by atoms with van der Waals surface area (Å²) in [6.45, 7) is 0.314. The molecule has 0 spiro atoms. The van der Waals surface area contributed by atoms with Gasteiger partial charge in [0.05, 0.1) is 0 Å². The summed E-state index contributed by atoms with van der Waals surface area (Å²) in [5, 5.41) is 15.9. The molecule has 0 saturated heterocycles. The van der Waals surface area contributed by atoms with Gasteiger partial charge in [-0.3, -0.25) is 4.79 Å². The molecule has 0 bridgehead atoms. The minimum absolute atomic E-state index is 0.0827. The van der Waals surface area contributed by atoms with Gasteiger partial charge in [0.25, 0.3) is 6.47 Å². The predicted octanol–water partition coefficient (Wildman–Crippen LogP) is 0.354. The van der Waals surface area contributed by atoms with E-state index in [0.29, 0.717) is 12.2 Å². The van der Waals surface area contributed by atoms with Gasteiger partial charge in [0.15, 0.2) is 6.19 Å². The van der Waals surface area contributed by atoms with Crippen molar-refractivity contribution in [1.29, 1.82) is 5.26 Å². The number of phenolic OH excluding ortho intramolecular Hbond substituents is 1. The molecule has 0 fully saturated rings. The van der Waals surface area contributed by atoms with Crippen LogP contribution in [0.15, 0.2) is 24.3 Å². The van der Waals surface area contributed by atoms with E-state index < -0.39 is 0 Å². The molecule has 0 aliphatic carbocycles. The third kappa shape index (κ3) is 5.09. The first kappa shape index (κ1) is 10.8. The Kier molecular flexibility index (Phi) is 5.38. The largest absolute Gasteiger partial charge is 0.508 e. The number of carbonyl (C=O) groups is 1. The lowest BCUT2D eigenvalue weighted by Gasteiger charge is -1.95. The zero-order chi connectivity index (χ0) is 10.1. The molecule has 1 aromatic rings. The molecule has 68 valence electrons. The van der Waals surface area contributed by atoms with Gasteiger partial charge in [0.1, 0.15) is 11.5 Å². The van der Waals surface area contributed by atoms with Crippen molar-refractivity contribution in [3.8, 4) is 17.7 Å². The average molecular weight is 180 g/mol. The average Bonchev–Trinajstić information content (AvgIpc) is 2.06. The van der Waals surface area contributed by atoms with Crippen LogP contribution < -0.4 is 10.5 Å². The van der Waals surface area contributed by atoms with Crippen molar-refractivity contribution >= 4 is 6.47 Å². The minimum Gasteiger partial charge on any atom is -0.508 e. The van der Waals surface area contributed by atoms with Crippen LogP contribution in [-0.2, 0) is 4.79 Å². The minimum atomic E-state index is 0.0827. The highest BCUT2D eigenvalue weighted by atomic mass is 16.5. The van der Waals surface area contributed by atoms with Crippen LogP contribution >= 0.6 is 0 Å². The topological polar surface area (TPSA) is 96.3 Å². The second-order valence-corrected chi connectivity index (χ2v) is 1.84. The van der Waals surface area contributed by atoms with Gasteiger partial charge < -0.3 is 15.6 Å². The Hall–Kier alpha value is -2.22. The maximum Gasteiger partial charge on any atom is 0.298 e. The number of nitrogens with zero attached hydrogens (tertiary/aromatic N) is 1. The first-order valence-corrected chi connectivity index (χ1v) is 3.23. The fourth-order valence-electron chi connectivity index (χ4n) is 0.612. The van der Waals surface area contributed by atoms with E-state index in [1.54, 1.807) is 12.1 Å². The molecular formula is C8H8N2O3. The molecule has 1 aromatic carbocycles. The molecule has 3 N–H and O–H groups in total. The highest BCUT2D eigenvalue weighted by Gasteiger charge is 1.91. The highest BCUT2D eigenvalue weighted by molar-refractivity contribution is 5.46. The zero-order valence-corrected chi connectivity index (χ0v) is 6.68. The van der Waals surface area contributed by atoms with Gasteiger partial charge in [0, 0.05) is 6.07 Å². The maximum absolute atomic E-state index is 9.78. The Morgan fingerprint density at radius 3 is 2.69 bits per heavy atom. The number of hydrogen-bond donors (Lipinski definition) is 2. The predicted molar refractivity (Wildman–Crippen MR) is 44.6 cm³/mol. The molecule has 0 heterocycles. The monoisotopic (exact) mass is 180 g/mol. The Morgan fingerprint density at radius 2 is 2.23 bits per heavy atom. The third-order valence-corrected chi connectivity index (χ3v) is 1.00. The molecule has 0 amide bonds. The van der Waals surface area contributed by atoms with Gasteiger partial charge in [-0.2, -0.15) is 5.26 Å². The van der Waals surface area contributed by atoms with Crippen molar-refractivity contribution in [3.63, 3.8) is 0 Å². The lowest BCUT2D eigenvalue weighted by atomic mass is 10.3. The number of hydrogen-bond acceptors (Lipinski definition) is 5. The van der Waals surface area contributed by atoms with Crippen molar-refractivity contribution in [2.45, 2.75) is 0 Å². The Balaban J connectivity index is 0.000000424. The van der Waals surface area contributed by atoms with Crippen LogP contribution in [0.1, 0.15) is 0 Å². The van der Waals surface area contributed by atoms with E-state index in [9.17, 15) is 4.79 Å². The van der Waals surface area contributed by atoms with Crippen molar-refractivity contribution in [2.24, 2.45) is 5.73 Å². The Morgan fingerprint density at radius 1 is 1.62 bits per heavy atom. The summed E-state index contributed by atoms with van der Waals surface area (Å²) >= 11 is 0. The highest BCUT2D eigenvalue weighted by Crippen LogP contribution is 2.16. The lowest BCUT2D eigenvalue weighted by molar-refractivity contribution is -0.120. The van der Waals surface area contributed by atoms with Crippen LogP contribution in [0.4, 0.5) is 0 Å². The fourth-order valence-corrected chi connectivity index (χ4v) is 0.612. The molecule has 0 radical (unpaired) electrons. The summed E-state index contributed by atoms with van der Waals surface area (Å²) in [5.74, 6) is 0.425. The summed E-state index contributed by atoms with van der Waals surface area (Å²) in [4.78, 5) is 9.78. The first-order valence-electron chi connectivity index (χ1n) is 3.23. The van der Waals surface area contributed by atoms with Gasteiger partial charge in [-0.05, 0) is 12.1 Å².